The second-order valence-electron chi connectivity index (χ2n) is 5.32. The zero-order valence-corrected chi connectivity index (χ0v) is 12.2. The third kappa shape index (κ3) is 1.94. The molecule has 0 radical (unpaired) electrons. The number of benzene rings is 1. The molecule has 1 aromatic carbocycles. The highest BCUT2D eigenvalue weighted by atomic mass is 32.1. The maximum atomic E-state index is 11.6. The Labute approximate surface area is 126 Å². The van der Waals surface area contributed by atoms with E-state index in [-0.39, 0.29) is 0 Å². The number of primary amides is 1. The first-order valence-corrected chi connectivity index (χ1v) is 7.86. The molecule has 3 aromatic rings. The van der Waals surface area contributed by atoms with Gasteiger partial charge in [0.2, 0.25) is 0 Å². The third-order valence-electron chi connectivity index (χ3n) is 4.01. The number of rotatable bonds is 2. The first kappa shape index (κ1) is 12.5. The number of amides is 1. The summed E-state index contributed by atoms with van der Waals surface area (Å²) >= 11 is 1.71. The number of hydrogen-bond acceptors (Lipinski definition) is 3. The average molecular weight is 294 g/mol. The van der Waals surface area contributed by atoms with Crippen LogP contribution in [-0.2, 0) is 12.8 Å². The standard InChI is InChI=1S/C17H14N2OS/c18-16(20)13-9-12(10-5-2-1-3-6-10)15-11-7-4-8-14(11)21-17(15)19-13/h1-3,5-6,9H,4,7-8H2,(H2,18,20). The van der Waals surface area contributed by atoms with Gasteiger partial charge in [0.25, 0.3) is 5.91 Å². The molecule has 2 aromatic heterocycles. The molecule has 2 N–H and O–H groups in total. The van der Waals surface area contributed by atoms with Crippen LogP contribution in [0.25, 0.3) is 21.3 Å². The predicted octanol–water partition coefficient (Wildman–Crippen LogP) is 3.55. The lowest BCUT2D eigenvalue weighted by Crippen LogP contribution is -2.13. The second kappa shape index (κ2) is 4.67. The summed E-state index contributed by atoms with van der Waals surface area (Å²) in [6.45, 7) is 0. The van der Waals surface area contributed by atoms with E-state index in [9.17, 15) is 4.79 Å². The average Bonchev–Trinajstić information content (AvgIpc) is 3.07. The van der Waals surface area contributed by atoms with Crippen molar-refractivity contribution in [1.29, 1.82) is 0 Å². The van der Waals surface area contributed by atoms with Gasteiger partial charge in [-0.3, -0.25) is 4.79 Å². The van der Waals surface area contributed by atoms with Crippen LogP contribution in [0.15, 0.2) is 36.4 Å². The van der Waals surface area contributed by atoms with Crippen molar-refractivity contribution in [2.75, 3.05) is 0 Å². The SMILES string of the molecule is NC(=O)c1cc(-c2ccccc2)c2c3c(sc2n1)CCC3. The van der Waals surface area contributed by atoms with Crippen molar-refractivity contribution in [3.05, 3.63) is 52.5 Å². The van der Waals surface area contributed by atoms with E-state index in [4.69, 9.17) is 5.73 Å². The largest absolute Gasteiger partial charge is 0.364 e. The number of aromatic nitrogens is 1. The summed E-state index contributed by atoms with van der Waals surface area (Å²) in [5.41, 5.74) is 9.40. The summed E-state index contributed by atoms with van der Waals surface area (Å²) in [5.74, 6) is -0.470. The van der Waals surface area contributed by atoms with Crippen LogP contribution in [0.3, 0.4) is 0 Å². The summed E-state index contributed by atoms with van der Waals surface area (Å²) in [5, 5.41) is 1.21. The quantitative estimate of drug-likeness (QED) is 0.785. The van der Waals surface area contributed by atoms with E-state index in [1.807, 2.05) is 24.3 Å². The second-order valence-corrected chi connectivity index (χ2v) is 6.41. The molecule has 0 saturated carbocycles. The van der Waals surface area contributed by atoms with Crippen molar-refractivity contribution in [2.45, 2.75) is 19.3 Å². The summed E-state index contributed by atoms with van der Waals surface area (Å²) in [6.07, 6.45) is 3.44. The van der Waals surface area contributed by atoms with E-state index >= 15 is 0 Å². The summed E-state index contributed by atoms with van der Waals surface area (Å²) < 4.78 is 0. The highest BCUT2D eigenvalue weighted by Gasteiger charge is 2.22. The van der Waals surface area contributed by atoms with Crippen molar-refractivity contribution in [1.82, 2.24) is 4.98 Å². The van der Waals surface area contributed by atoms with E-state index < -0.39 is 5.91 Å². The number of carbonyl (C=O) groups excluding carboxylic acids is 1. The first-order chi connectivity index (χ1) is 10.2. The molecule has 3 nitrogen and oxygen atoms in total. The van der Waals surface area contributed by atoms with Gasteiger partial charge in [0.1, 0.15) is 10.5 Å². The van der Waals surface area contributed by atoms with E-state index in [1.165, 1.54) is 22.2 Å². The third-order valence-corrected chi connectivity index (χ3v) is 5.20. The number of hydrogen-bond donors (Lipinski definition) is 1. The summed E-state index contributed by atoms with van der Waals surface area (Å²) in [4.78, 5) is 18.4. The monoisotopic (exact) mass is 294 g/mol. The molecule has 0 atom stereocenters. The van der Waals surface area contributed by atoms with E-state index in [2.05, 4.69) is 17.1 Å². The fourth-order valence-corrected chi connectivity index (χ4v) is 4.35. The van der Waals surface area contributed by atoms with Crippen LogP contribution in [0.2, 0.25) is 0 Å². The molecule has 21 heavy (non-hydrogen) atoms. The Morgan fingerprint density at radius 2 is 2.00 bits per heavy atom. The van der Waals surface area contributed by atoms with Gasteiger partial charge in [-0.25, -0.2) is 4.98 Å². The zero-order chi connectivity index (χ0) is 14.4. The molecule has 0 spiro atoms. The highest BCUT2D eigenvalue weighted by molar-refractivity contribution is 7.19. The molecular weight excluding hydrogens is 280 g/mol. The van der Waals surface area contributed by atoms with Gasteiger partial charge in [0, 0.05) is 10.3 Å². The predicted molar refractivity (Wildman–Crippen MR) is 85.6 cm³/mol. The van der Waals surface area contributed by atoms with Crippen molar-refractivity contribution < 1.29 is 4.79 Å². The van der Waals surface area contributed by atoms with Gasteiger partial charge in [-0.15, -0.1) is 11.3 Å². The van der Waals surface area contributed by atoms with E-state index in [0.717, 1.165) is 28.8 Å². The minimum Gasteiger partial charge on any atom is -0.364 e. The maximum Gasteiger partial charge on any atom is 0.267 e. The Morgan fingerprint density at radius 3 is 2.76 bits per heavy atom. The van der Waals surface area contributed by atoms with Gasteiger partial charge in [0.05, 0.1) is 0 Å². The van der Waals surface area contributed by atoms with Crippen LogP contribution in [0.1, 0.15) is 27.3 Å². The smallest absolute Gasteiger partial charge is 0.267 e. The lowest BCUT2D eigenvalue weighted by Gasteiger charge is -2.07. The highest BCUT2D eigenvalue weighted by Crippen LogP contribution is 2.41. The number of carbonyl (C=O) groups is 1. The number of aryl methyl sites for hydroxylation is 2. The number of fused-ring (bicyclic) bond motifs is 3. The van der Waals surface area contributed by atoms with Crippen LogP contribution >= 0.6 is 11.3 Å². The van der Waals surface area contributed by atoms with Crippen LogP contribution in [-0.4, -0.2) is 10.9 Å². The van der Waals surface area contributed by atoms with Crippen LogP contribution < -0.4 is 5.73 Å². The van der Waals surface area contributed by atoms with Crippen molar-refractivity contribution in [3.63, 3.8) is 0 Å². The van der Waals surface area contributed by atoms with Crippen molar-refractivity contribution in [3.8, 4) is 11.1 Å². The lowest BCUT2D eigenvalue weighted by atomic mass is 9.99. The molecule has 4 heteroatoms. The summed E-state index contributed by atoms with van der Waals surface area (Å²) in [6, 6.07) is 12.0. The molecule has 2 heterocycles. The Hall–Kier alpha value is -2.20. The first-order valence-electron chi connectivity index (χ1n) is 7.04. The summed E-state index contributed by atoms with van der Waals surface area (Å²) in [7, 11) is 0. The molecule has 0 aliphatic heterocycles. The van der Waals surface area contributed by atoms with Gasteiger partial charge in [-0.05, 0) is 42.0 Å². The van der Waals surface area contributed by atoms with Gasteiger partial charge in [0.15, 0.2) is 0 Å². The van der Waals surface area contributed by atoms with Crippen LogP contribution in [0, 0.1) is 0 Å². The number of nitrogens with zero attached hydrogens (tertiary/aromatic N) is 1. The minimum absolute atomic E-state index is 0.348. The zero-order valence-electron chi connectivity index (χ0n) is 11.4. The van der Waals surface area contributed by atoms with Crippen LogP contribution in [0.4, 0.5) is 0 Å². The minimum atomic E-state index is -0.470. The van der Waals surface area contributed by atoms with Gasteiger partial charge < -0.3 is 5.73 Å². The fourth-order valence-electron chi connectivity index (χ4n) is 3.07. The molecular formula is C17H14N2OS. The normalized spacial score (nSPS) is 13.5. The number of nitrogens with two attached hydrogens (primary N) is 1. The molecule has 4 rings (SSSR count). The Bertz CT molecular complexity index is 852. The molecule has 104 valence electrons. The molecule has 0 unspecified atom stereocenters. The maximum absolute atomic E-state index is 11.6. The molecule has 1 amide bonds. The van der Waals surface area contributed by atoms with Crippen LogP contribution in [0.5, 0.6) is 0 Å². The molecule has 0 fully saturated rings. The van der Waals surface area contributed by atoms with Gasteiger partial charge in [-0.1, -0.05) is 30.3 Å². The Balaban J connectivity index is 2.08. The molecule has 1 aliphatic carbocycles. The Morgan fingerprint density at radius 1 is 1.19 bits per heavy atom. The topological polar surface area (TPSA) is 56.0 Å². The van der Waals surface area contributed by atoms with E-state index in [0.29, 0.717) is 5.69 Å². The van der Waals surface area contributed by atoms with Gasteiger partial charge >= 0.3 is 0 Å². The molecule has 0 saturated heterocycles. The molecule has 1 aliphatic rings. The van der Waals surface area contributed by atoms with Crippen molar-refractivity contribution in [2.24, 2.45) is 5.73 Å². The molecule has 0 bridgehead atoms. The number of pyridine rings is 1. The Kier molecular flexibility index (Phi) is 2.79. The fraction of sp³-hybridized carbons (Fsp3) is 0.176. The van der Waals surface area contributed by atoms with E-state index in [1.54, 1.807) is 11.3 Å². The van der Waals surface area contributed by atoms with Gasteiger partial charge in [-0.2, -0.15) is 0 Å². The lowest BCUT2D eigenvalue weighted by molar-refractivity contribution is 0.0996. The van der Waals surface area contributed by atoms with Crippen molar-refractivity contribution >= 4 is 27.5 Å². The number of thiophene rings is 1.